The van der Waals surface area contributed by atoms with Gasteiger partial charge >= 0.3 is 5.97 Å². The number of carbonyl (C=O) groups is 3. The van der Waals surface area contributed by atoms with Crippen molar-refractivity contribution in [3.63, 3.8) is 0 Å². The topological polar surface area (TPSA) is 98.2 Å². The molecule has 2 N–H and O–H groups in total. The molecule has 0 aromatic carbocycles. The zero-order valence-corrected chi connectivity index (χ0v) is 19.3. The normalized spacial score (nSPS) is 31.2. The molecule has 7 nitrogen and oxygen atoms in total. The van der Waals surface area contributed by atoms with Crippen molar-refractivity contribution < 1.29 is 24.6 Å². The molecule has 1 spiro atoms. The molecule has 3 rings (SSSR count). The number of amides is 2. The highest BCUT2D eigenvalue weighted by atomic mass is 32.2. The lowest BCUT2D eigenvalue weighted by Gasteiger charge is -2.37. The quantitative estimate of drug-likeness (QED) is 0.329. The van der Waals surface area contributed by atoms with Crippen LogP contribution in [0.3, 0.4) is 0 Å². The minimum Gasteiger partial charge on any atom is -0.481 e. The minimum atomic E-state index is -0.914. The highest BCUT2D eigenvalue weighted by Crippen LogP contribution is 2.66. The van der Waals surface area contributed by atoms with Crippen molar-refractivity contribution in [1.29, 1.82) is 0 Å². The van der Waals surface area contributed by atoms with E-state index in [9.17, 15) is 19.5 Å². The Bertz CT molecular complexity index is 701. The van der Waals surface area contributed by atoms with E-state index < -0.39 is 28.6 Å². The number of likely N-dealkylation sites (tertiary alicyclic amines) is 1. The Morgan fingerprint density at radius 3 is 2.68 bits per heavy atom. The van der Waals surface area contributed by atoms with Gasteiger partial charge < -0.3 is 20.0 Å². The van der Waals surface area contributed by atoms with Gasteiger partial charge in [0.1, 0.15) is 6.04 Å². The average molecular weight is 453 g/mol. The molecule has 174 valence electrons. The van der Waals surface area contributed by atoms with Crippen molar-refractivity contribution in [2.45, 2.75) is 74.3 Å². The van der Waals surface area contributed by atoms with Crippen LogP contribution in [0, 0.1) is 11.8 Å². The summed E-state index contributed by atoms with van der Waals surface area (Å²) in [6.45, 7) is 7.55. The highest BCUT2D eigenvalue weighted by molar-refractivity contribution is 8.02. The smallest absolute Gasteiger partial charge is 0.308 e. The third-order valence-corrected chi connectivity index (χ3v) is 9.02. The van der Waals surface area contributed by atoms with Gasteiger partial charge in [-0.3, -0.25) is 14.4 Å². The van der Waals surface area contributed by atoms with E-state index in [1.165, 1.54) is 0 Å². The van der Waals surface area contributed by atoms with Crippen LogP contribution in [0.25, 0.3) is 0 Å². The van der Waals surface area contributed by atoms with Crippen LogP contribution in [-0.2, 0) is 14.4 Å². The molecule has 0 radical (unpaired) electrons. The zero-order chi connectivity index (χ0) is 22.6. The Labute approximate surface area is 189 Å². The molecule has 2 bridgehead atoms. The van der Waals surface area contributed by atoms with Crippen molar-refractivity contribution in [3.8, 4) is 0 Å². The second kappa shape index (κ2) is 10.4. The highest BCUT2D eigenvalue weighted by Gasteiger charge is 2.73. The summed E-state index contributed by atoms with van der Waals surface area (Å²) in [6, 6.07) is -0.598. The van der Waals surface area contributed by atoms with Gasteiger partial charge in [0.05, 0.1) is 16.6 Å². The SMILES string of the molecule is C=CCN(CCCC)C(=O)C1N(CCCCCCO)C(=O)[C@@H]2[C@@H](C(=O)O)[C@H]3CCC12S3. The first kappa shape index (κ1) is 24.1. The summed E-state index contributed by atoms with van der Waals surface area (Å²) >= 11 is 1.59. The summed E-state index contributed by atoms with van der Waals surface area (Å²) in [5.41, 5.74) is 0. The molecule has 0 aliphatic carbocycles. The number of carboxylic acids is 1. The number of hydrogen-bond acceptors (Lipinski definition) is 5. The van der Waals surface area contributed by atoms with Crippen LogP contribution >= 0.6 is 11.8 Å². The number of carbonyl (C=O) groups excluding carboxylic acids is 2. The van der Waals surface area contributed by atoms with Gasteiger partial charge in [0, 0.05) is 31.5 Å². The first-order chi connectivity index (χ1) is 14.9. The molecule has 3 heterocycles. The number of aliphatic carboxylic acids is 1. The lowest BCUT2D eigenvalue weighted by molar-refractivity contribution is -0.148. The van der Waals surface area contributed by atoms with E-state index in [-0.39, 0.29) is 23.7 Å². The molecule has 0 aromatic rings. The number of hydrogen-bond donors (Lipinski definition) is 2. The summed E-state index contributed by atoms with van der Waals surface area (Å²) in [7, 11) is 0. The van der Waals surface area contributed by atoms with E-state index in [0.717, 1.165) is 51.4 Å². The van der Waals surface area contributed by atoms with Gasteiger partial charge in [-0.15, -0.1) is 18.3 Å². The number of aliphatic hydroxyl groups excluding tert-OH is 1. The van der Waals surface area contributed by atoms with Crippen LogP contribution in [0.15, 0.2) is 12.7 Å². The van der Waals surface area contributed by atoms with Gasteiger partial charge in [-0.25, -0.2) is 0 Å². The molecule has 2 unspecified atom stereocenters. The molecule has 0 saturated carbocycles. The number of nitrogens with zero attached hydrogens (tertiary/aromatic N) is 2. The first-order valence-corrected chi connectivity index (χ1v) is 12.5. The van der Waals surface area contributed by atoms with E-state index in [2.05, 4.69) is 13.5 Å². The lowest BCUT2D eigenvalue weighted by atomic mass is 9.71. The third kappa shape index (κ3) is 4.38. The molecule has 8 heteroatoms. The molecule has 3 aliphatic heterocycles. The van der Waals surface area contributed by atoms with Crippen LogP contribution in [0.1, 0.15) is 58.3 Å². The maximum atomic E-state index is 13.8. The van der Waals surface area contributed by atoms with Gasteiger partial charge in [-0.05, 0) is 32.1 Å². The number of unbranched alkanes of at least 4 members (excludes halogenated alkanes) is 4. The summed E-state index contributed by atoms with van der Waals surface area (Å²) in [6.07, 6.45) is 8.25. The van der Waals surface area contributed by atoms with Crippen LogP contribution in [0.2, 0.25) is 0 Å². The molecular formula is C23H36N2O5S. The van der Waals surface area contributed by atoms with Crippen LogP contribution < -0.4 is 0 Å². The molecule has 5 atom stereocenters. The van der Waals surface area contributed by atoms with Gasteiger partial charge in [-0.1, -0.05) is 32.3 Å². The van der Waals surface area contributed by atoms with Crippen molar-refractivity contribution in [2.24, 2.45) is 11.8 Å². The first-order valence-electron chi connectivity index (χ1n) is 11.6. The van der Waals surface area contributed by atoms with Gasteiger partial charge in [0.25, 0.3) is 0 Å². The van der Waals surface area contributed by atoms with E-state index in [4.69, 9.17) is 5.11 Å². The molecular weight excluding hydrogens is 416 g/mol. The number of thioether (sulfide) groups is 1. The van der Waals surface area contributed by atoms with Crippen LogP contribution in [0.4, 0.5) is 0 Å². The maximum absolute atomic E-state index is 13.8. The van der Waals surface area contributed by atoms with Crippen molar-refractivity contribution in [3.05, 3.63) is 12.7 Å². The van der Waals surface area contributed by atoms with Gasteiger partial charge in [-0.2, -0.15) is 0 Å². The predicted octanol–water partition coefficient (Wildman–Crippen LogP) is 2.53. The zero-order valence-electron chi connectivity index (χ0n) is 18.5. The van der Waals surface area contributed by atoms with Gasteiger partial charge in [0.15, 0.2) is 0 Å². The standard InChI is InChI=1S/C23H36N2O5S/c1-3-5-13-24(12-4-2)21(28)19-23-11-10-16(31-23)17(22(29)30)18(23)20(27)25(19)14-8-6-7-9-15-26/h4,16-19,26H,2-3,5-15H2,1H3,(H,29,30)/t16-,17+,18+,19?,23?/m1/s1. The molecule has 31 heavy (non-hydrogen) atoms. The number of rotatable bonds is 13. The molecule has 3 aliphatic rings. The van der Waals surface area contributed by atoms with Gasteiger partial charge in [0.2, 0.25) is 11.8 Å². The summed E-state index contributed by atoms with van der Waals surface area (Å²) in [5, 5.41) is 18.8. The van der Waals surface area contributed by atoms with Crippen LogP contribution in [0.5, 0.6) is 0 Å². The third-order valence-electron chi connectivity index (χ3n) is 7.07. The second-order valence-electron chi connectivity index (χ2n) is 8.99. The summed E-state index contributed by atoms with van der Waals surface area (Å²) in [5.74, 6) is -2.45. The number of aliphatic hydroxyl groups is 1. The Kier molecular flexibility index (Phi) is 8.08. The summed E-state index contributed by atoms with van der Waals surface area (Å²) in [4.78, 5) is 42.9. The molecule has 0 aromatic heterocycles. The minimum absolute atomic E-state index is 0.0567. The molecule has 2 amide bonds. The van der Waals surface area contributed by atoms with Crippen LogP contribution in [-0.4, -0.2) is 80.1 Å². The number of fused-ring (bicyclic) bond motifs is 1. The fraction of sp³-hybridized carbons (Fsp3) is 0.783. The Morgan fingerprint density at radius 2 is 2.03 bits per heavy atom. The lowest BCUT2D eigenvalue weighted by Crippen LogP contribution is -2.55. The fourth-order valence-corrected chi connectivity index (χ4v) is 7.88. The molecule has 3 saturated heterocycles. The van der Waals surface area contributed by atoms with E-state index >= 15 is 0 Å². The number of carboxylic acid groups (broad SMARTS) is 1. The monoisotopic (exact) mass is 452 g/mol. The van der Waals surface area contributed by atoms with E-state index in [0.29, 0.717) is 19.6 Å². The predicted molar refractivity (Wildman–Crippen MR) is 121 cm³/mol. The largest absolute Gasteiger partial charge is 0.481 e. The van der Waals surface area contributed by atoms with E-state index in [1.807, 2.05) is 0 Å². The Morgan fingerprint density at radius 1 is 1.29 bits per heavy atom. The van der Waals surface area contributed by atoms with Crippen molar-refractivity contribution in [2.75, 3.05) is 26.2 Å². The summed E-state index contributed by atoms with van der Waals surface area (Å²) < 4.78 is -0.626. The fourth-order valence-electron chi connectivity index (χ4n) is 5.67. The second-order valence-corrected chi connectivity index (χ2v) is 10.6. The molecule has 3 fully saturated rings. The average Bonchev–Trinajstić information content (AvgIpc) is 3.38. The van der Waals surface area contributed by atoms with E-state index in [1.54, 1.807) is 27.6 Å². The maximum Gasteiger partial charge on any atom is 0.308 e. The van der Waals surface area contributed by atoms with Crippen molar-refractivity contribution in [1.82, 2.24) is 9.80 Å². The Balaban J connectivity index is 1.89. The van der Waals surface area contributed by atoms with Crippen molar-refractivity contribution >= 4 is 29.5 Å². The Hall–Kier alpha value is -1.54.